The van der Waals surface area contributed by atoms with E-state index in [4.69, 9.17) is 23.2 Å². The first kappa shape index (κ1) is 14.3. The fraction of sp³-hybridized carbons (Fsp3) is 0.556. The molecule has 7 heteroatoms. The van der Waals surface area contributed by atoms with Crippen LogP contribution in [0.25, 0.3) is 0 Å². The molecule has 0 aliphatic heterocycles. The van der Waals surface area contributed by atoms with Gasteiger partial charge in [-0.1, -0.05) is 37.0 Å². The van der Waals surface area contributed by atoms with Crippen LogP contribution < -0.4 is 4.72 Å². The van der Waals surface area contributed by atoms with E-state index in [1.807, 2.05) is 20.8 Å². The Hall–Kier alpha value is 0.190. The lowest BCUT2D eigenvalue weighted by molar-refractivity contribution is 0.476. The summed E-state index contributed by atoms with van der Waals surface area (Å²) in [6, 6.07) is 1.21. The molecule has 16 heavy (non-hydrogen) atoms. The van der Waals surface area contributed by atoms with Crippen LogP contribution in [-0.4, -0.2) is 14.5 Å². The van der Waals surface area contributed by atoms with Gasteiger partial charge in [0, 0.05) is 6.04 Å². The van der Waals surface area contributed by atoms with Crippen molar-refractivity contribution in [1.82, 2.24) is 4.72 Å². The molecule has 1 aromatic heterocycles. The molecule has 1 heterocycles. The normalized spacial score (nSPS) is 14.4. The van der Waals surface area contributed by atoms with E-state index >= 15 is 0 Å². The van der Waals surface area contributed by atoms with Crippen LogP contribution in [0.1, 0.15) is 20.8 Å². The maximum atomic E-state index is 11.9. The Kier molecular flexibility index (Phi) is 4.66. The Balaban J connectivity index is 2.99. The lowest BCUT2D eigenvalue weighted by Gasteiger charge is -2.16. The van der Waals surface area contributed by atoms with E-state index in [1.54, 1.807) is 0 Å². The number of rotatable bonds is 4. The summed E-state index contributed by atoms with van der Waals surface area (Å²) in [5.74, 6) is 0.211. The average molecular weight is 302 g/mol. The smallest absolute Gasteiger partial charge is 0.208 e. The molecular weight excluding hydrogens is 289 g/mol. The summed E-state index contributed by atoms with van der Waals surface area (Å²) in [4.78, 5) is 0.0525. The molecule has 1 aromatic rings. The number of hydrogen-bond donors (Lipinski definition) is 1. The van der Waals surface area contributed by atoms with Crippen molar-refractivity contribution in [3.05, 3.63) is 14.7 Å². The number of sulfonamides is 1. The minimum absolute atomic E-state index is 0.0525. The van der Waals surface area contributed by atoms with Gasteiger partial charge in [-0.3, -0.25) is 0 Å². The molecule has 0 fully saturated rings. The summed E-state index contributed by atoms with van der Waals surface area (Å²) < 4.78 is 27.0. The van der Waals surface area contributed by atoms with Crippen LogP contribution in [-0.2, 0) is 10.0 Å². The van der Waals surface area contributed by atoms with Crippen LogP contribution in [0.5, 0.6) is 0 Å². The highest BCUT2D eigenvalue weighted by molar-refractivity contribution is 7.89. The van der Waals surface area contributed by atoms with Gasteiger partial charge in [-0.05, 0) is 18.9 Å². The largest absolute Gasteiger partial charge is 0.243 e. The Bertz CT molecular complexity index is 468. The Labute approximate surface area is 110 Å². The van der Waals surface area contributed by atoms with E-state index in [2.05, 4.69) is 4.72 Å². The Morgan fingerprint density at radius 3 is 2.25 bits per heavy atom. The van der Waals surface area contributed by atoms with Gasteiger partial charge in [0.1, 0.15) is 9.23 Å². The zero-order valence-electron chi connectivity index (χ0n) is 9.12. The molecule has 1 unspecified atom stereocenters. The van der Waals surface area contributed by atoms with Crippen molar-refractivity contribution in [2.24, 2.45) is 5.92 Å². The van der Waals surface area contributed by atoms with Gasteiger partial charge in [-0.15, -0.1) is 11.3 Å². The van der Waals surface area contributed by atoms with E-state index in [9.17, 15) is 8.42 Å². The van der Waals surface area contributed by atoms with E-state index in [1.165, 1.54) is 6.07 Å². The fourth-order valence-electron chi connectivity index (χ4n) is 0.953. The zero-order valence-corrected chi connectivity index (χ0v) is 12.3. The molecule has 0 radical (unpaired) electrons. The van der Waals surface area contributed by atoms with Crippen molar-refractivity contribution < 1.29 is 8.42 Å². The predicted octanol–water partition coefficient (Wildman–Crippen LogP) is 3.38. The van der Waals surface area contributed by atoms with Crippen molar-refractivity contribution in [1.29, 1.82) is 0 Å². The van der Waals surface area contributed by atoms with E-state index in [0.717, 1.165) is 11.3 Å². The van der Waals surface area contributed by atoms with Crippen LogP contribution in [0, 0.1) is 5.92 Å². The SMILES string of the molecule is CC(C)C(C)NS(=O)(=O)c1cc(Cl)sc1Cl. The summed E-state index contributed by atoms with van der Waals surface area (Å²) in [7, 11) is -3.57. The number of nitrogens with one attached hydrogen (secondary N) is 1. The molecule has 0 bridgehead atoms. The molecule has 0 saturated carbocycles. The molecule has 1 atom stereocenters. The second-order valence-electron chi connectivity index (χ2n) is 3.84. The molecule has 0 saturated heterocycles. The molecule has 0 aliphatic carbocycles. The van der Waals surface area contributed by atoms with Crippen LogP contribution >= 0.6 is 34.5 Å². The molecule has 1 rings (SSSR count). The Morgan fingerprint density at radius 2 is 1.88 bits per heavy atom. The van der Waals surface area contributed by atoms with Crippen LogP contribution in [0.4, 0.5) is 0 Å². The van der Waals surface area contributed by atoms with Gasteiger partial charge in [0.25, 0.3) is 0 Å². The first-order valence-corrected chi connectivity index (χ1v) is 7.76. The highest BCUT2D eigenvalue weighted by atomic mass is 35.5. The second-order valence-corrected chi connectivity index (χ2v) is 7.81. The number of thiophene rings is 1. The van der Waals surface area contributed by atoms with Crippen molar-refractivity contribution in [3.8, 4) is 0 Å². The van der Waals surface area contributed by atoms with Crippen molar-refractivity contribution >= 4 is 44.6 Å². The second kappa shape index (κ2) is 5.23. The third-order valence-electron chi connectivity index (χ3n) is 2.26. The first-order chi connectivity index (χ1) is 7.24. The number of hydrogen-bond acceptors (Lipinski definition) is 3. The molecule has 0 spiro atoms. The Morgan fingerprint density at radius 1 is 1.31 bits per heavy atom. The molecule has 1 N–H and O–H groups in total. The fourth-order valence-corrected chi connectivity index (χ4v) is 4.49. The standard InChI is InChI=1S/C9H13Cl2NO2S2/c1-5(2)6(3)12-16(13,14)7-4-8(10)15-9(7)11/h4-6,12H,1-3H3. The lowest BCUT2D eigenvalue weighted by atomic mass is 10.1. The van der Waals surface area contributed by atoms with E-state index < -0.39 is 10.0 Å². The monoisotopic (exact) mass is 301 g/mol. The van der Waals surface area contributed by atoms with E-state index in [0.29, 0.717) is 4.34 Å². The molecule has 92 valence electrons. The minimum Gasteiger partial charge on any atom is -0.208 e. The van der Waals surface area contributed by atoms with Gasteiger partial charge < -0.3 is 0 Å². The molecular formula is C9H13Cl2NO2S2. The van der Waals surface area contributed by atoms with Crippen LogP contribution in [0.15, 0.2) is 11.0 Å². The topological polar surface area (TPSA) is 46.2 Å². The van der Waals surface area contributed by atoms with Gasteiger partial charge in [0.05, 0.1) is 4.34 Å². The van der Waals surface area contributed by atoms with Gasteiger partial charge in [0.15, 0.2) is 0 Å². The van der Waals surface area contributed by atoms with Crippen LogP contribution in [0.2, 0.25) is 8.67 Å². The maximum Gasteiger partial charge on any atom is 0.243 e. The average Bonchev–Trinajstić information content (AvgIpc) is 2.45. The highest BCUT2D eigenvalue weighted by Crippen LogP contribution is 2.34. The lowest BCUT2D eigenvalue weighted by Crippen LogP contribution is -2.35. The summed E-state index contributed by atoms with van der Waals surface area (Å²) in [5, 5.41) is 0. The quantitative estimate of drug-likeness (QED) is 0.927. The van der Waals surface area contributed by atoms with Crippen LogP contribution in [0.3, 0.4) is 0 Å². The summed E-state index contributed by atoms with van der Waals surface area (Å²) >= 11 is 12.6. The molecule has 0 aliphatic rings. The predicted molar refractivity (Wildman–Crippen MR) is 69.0 cm³/mol. The van der Waals surface area contributed by atoms with Crippen molar-refractivity contribution in [2.45, 2.75) is 31.7 Å². The maximum absolute atomic E-state index is 11.9. The van der Waals surface area contributed by atoms with Gasteiger partial charge in [-0.25, -0.2) is 13.1 Å². The van der Waals surface area contributed by atoms with Gasteiger partial charge in [-0.2, -0.15) is 0 Å². The molecule has 0 amide bonds. The summed E-state index contributed by atoms with van der Waals surface area (Å²) in [5.41, 5.74) is 0. The summed E-state index contributed by atoms with van der Waals surface area (Å²) in [6.07, 6.45) is 0. The van der Waals surface area contributed by atoms with E-state index in [-0.39, 0.29) is 21.2 Å². The van der Waals surface area contributed by atoms with Crippen molar-refractivity contribution in [2.75, 3.05) is 0 Å². The van der Waals surface area contributed by atoms with Gasteiger partial charge >= 0.3 is 0 Å². The first-order valence-electron chi connectivity index (χ1n) is 4.71. The van der Waals surface area contributed by atoms with Crippen molar-refractivity contribution in [3.63, 3.8) is 0 Å². The number of halogens is 2. The summed E-state index contributed by atoms with van der Waals surface area (Å²) in [6.45, 7) is 5.69. The molecule has 0 aromatic carbocycles. The third kappa shape index (κ3) is 3.34. The minimum atomic E-state index is -3.57. The third-order valence-corrected chi connectivity index (χ3v) is 5.57. The zero-order chi connectivity index (χ0) is 12.5. The molecule has 3 nitrogen and oxygen atoms in total. The highest BCUT2D eigenvalue weighted by Gasteiger charge is 2.23. The van der Waals surface area contributed by atoms with Gasteiger partial charge in [0.2, 0.25) is 10.0 Å².